The van der Waals surface area contributed by atoms with Gasteiger partial charge in [-0.05, 0) is 51.2 Å². The number of sulfonamides is 1. The summed E-state index contributed by atoms with van der Waals surface area (Å²) < 4.78 is 27.0. The molecule has 33 heavy (non-hydrogen) atoms. The van der Waals surface area contributed by atoms with Crippen LogP contribution in [0, 0.1) is 5.92 Å². The number of carbonyl (C=O) groups excluding carboxylic acids is 2. The molecule has 4 heterocycles. The second kappa shape index (κ2) is 10.5. The number of carbonyl (C=O) groups is 2. The second-order valence-corrected chi connectivity index (χ2v) is 11.3. The molecule has 3 fully saturated rings. The number of hydrogen-bond donors (Lipinski definition) is 0. The van der Waals surface area contributed by atoms with Gasteiger partial charge in [0.1, 0.15) is 4.90 Å². The zero-order valence-electron chi connectivity index (χ0n) is 19.4. The average Bonchev–Trinajstić information content (AvgIpc) is 2.85. The third kappa shape index (κ3) is 5.55. The van der Waals surface area contributed by atoms with E-state index >= 15 is 0 Å². The van der Waals surface area contributed by atoms with E-state index in [1.165, 1.54) is 16.9 Å². The van der Waals surface area contributed by atoms with Gasteiger partial charge in [-0.15, -0.1) is 0 Å². The third-order valence-corrected chi connectivity index (χ3v) is 9.12. The van der Waals surface area contributed by atoms with E-state index in [2.05, 4.69) is 16.8 Å². The highest BCUT2D eigenvalue weighted by atomic mass is 32.2. The van der Waals surface area contributed by atoms with Crippen molar-refractivity contribution in [3.05, 3.63) is 24.5 Å². The maximum Gasteiger partial charge on any atom is 0.244 e. The molecule has 0 bridgehead atoms. The summed E-state index contributed by atoms with van der Waals surface area (Å²) >= 11 is 0. The fourth-order valence-corrected chi connectivity index (χ4v) is 6.56. The van der Waals surface area contributed by atoms with E-state index < -0.39 is 10.0 Å². The number of pyridine rings is 1. The highest BCUT2D eigenvalue weighted by Gasteiger charge is 2.35. The third-order valence-electron chi connectivity index (χ3n) is 7.24. The Kier molecular flexibility index (Phi) is 7.65. The first-order chi connectivity index (χ1) is 15.9. The summed E-state index contributed by atoms with van der Waals surface area (Å²) in [5.74, 6) is 0.168. The van der Waals surface area contributed by atoms with Gasteiger partial charge in [-0.3, -0.25) is 19.5 Å². The van der Waals surface area contributed by atoms with Crippen LogP contribution >= 0.6 is 0 Å². The lowest BCUT2D eigenvalue weighted by Crippen LogP contribution is -2.54. The van der Waals surface area contributed by atoms with Crippen LogP contribution in [0.1, 0.15) is 39.0 Å². The molecule has 3 saturated heterocycles. The molecule has 3 aliphatic heterocycles. The van der Waals surface area contributed by atoms with Crippen LogP contribution in [-0.2, 0) is 19.6 Å². The molecule has 0 saturated carbocycles. The van der Waals surface area contributed by atoms with Crippen LogP contribution in [0.2, 0.25) is 0 Å². The molecule has 1 atom stereocenters. The molecule has 1 unspecified atom stereocenters. The van der Waals surface area contributed by atoms with Crippen molar-refractivity contribution >= 4 is 21.8 Å². The van der Waals surface area contributed by atoms with Crippen molar-refractivity contribution < 1.29 is 18.0 Å². The predicted octanol–water partition coefficient (Wildman–Crippen LogP) is 1.03. The Morgan fingerprint density at radius 3 is 2.36 bits per heavy atom. The summed E-state index contributed by atoms with van der Waals surface area (Å²) in [4.78, 5) is 35.9. The van der Waals surface area contributed by atoms with Crippen LogP contribution in [0.25, 0.3) is 0 Å². The molecule has 0 aromatic carbocycles. The van der Waals surface area contributed by atoms with Crippen molar-refractivity contribution in [3.8, 4) is 0 Å². The summed E-state index contributed by atoms with van der Waals surface area (Å²) in [5, 5.41) is 0. The Bertz CT molecular complexity index is 925. The first kappa shape index (κ1) is 24.1. The molecule has 2 amide bonds. The Morgan fingerprint density at radius 2 is 1.73 bits per heavy atom. The Balaban J connectivity index is 1.23. The number of rotatable bonds is 5. The zero-order chi connectivity index (χ0) is 23.4. The minimum atomic E-state index is -3.56. The number of amides is 2. The number of likely N-dealkylation sites (tertiary alicyclic amines) is 1. The van der Waals surface area contributed by atoms with Gasteiger partial charge in [0, 0.05) is 70.2 Å². The van der Waals surface area contributed by atoms with E-state index in [-0.39, 0.29) is 22.6 Å². The van der Waals surface area contributed by atoms with Crippen molar-refractivity contribution in [1.29, 1.82) is 0 Å². The standard InChI is InChI=1S/C23H35N5O4S/c1-19-5-2-3-10-28(19)22(29)18-25-13-15-26(16-14-25)23(30)20-7-11-27(12-8-20)33(31,32)21-6-4-9-24-17-21/h4,6,9,17,19-20H,2-3,5,7-8,10-16,18H2,1H3. The molecule has 0 N–H and O–H groups in total. The van der Waals surface area contributed by atoms with Crippen LogP contribution in [0.3, 0.4) is 0 Å². The van der Waals surface area contributed by atoms with E-state index in [1.807, 2.05) is 9.80 Å². The van der Waals surface area contributed by atoms with Crippen LogP contribution in [0.15, 0.2) is 29.4 Å². The fraction of sp³-hybridized carbons (Fsp3) is 0.696. The Hall–Kier alpha value is -2.04. The summed E-state index contributed by atoms with van der Waals surface area (Å²) in [6.07, 6.45) is 7.33. The quantitative estimate of drug-likeness (QED) is 0.629. The average molecular weight is 478 g/mol. The zero-order valence-corrected chi connectivity index (χ0v) is 20.3. The van der Waals surface area contributed by atoms with Gasteiger partial charge in [-0.25, -0.2) is 8.42 Å². The molecular formula is C23H35N5O4S. The Morgan fingerprint density at radius 1 is 1.00 bits per heavy atom. The lowest BCUT2D eigenvalue weighted by molar-refractivity contribution is -0.140. The largest absolute Gasteiger partial charge is 0.340 e. The molecule has 4 rings (SSSR count). The van der Waals surface area contributed by atoms with Gasteiger partial charge in [0.15, 0.2) is 0 Å². The smallest absolute Gasteiger partial charge is 0.244 e. The summed E-state index contributed by atoms with van der Waals surface area (Å²) in [6, 6.07) is 3.49. The monoisotopic (exact) mass is 477 g/mol. The summed E-state index contributed by atoms with van der Waals surface area (Å²) in [7, 11) is -3.56. The summed E-state index contributed by atoms with van der Waals surface area (Å²) in [6.45, 7) is 6.74. The van der Waals surface area contributed by atoms with Gasteiger partial charge in [0.25, 0.3) is 0 Å². The maximum atomic E-state index is 13.1. The van der Waals surface area contributed by atoms with E-state index in [4.69, 9.17) is 0 Å². The van der Waals surface area contributed by atoms with Crippen molar-refractivity contribution in [2.45, 2.75) is 50.0 Å². The minimum Gasteiger partial charge on any atom is -0.340 e. The number of nitrogens with zero attached hydrogens (tertiary/aromatic N) is 5. The van der Waals surface area contributed by atoms with E-state index in [0.29, 0.717) is 64.7 Å². The van der Waals surface area contributed by atoms with Crippen LogP contribution in [0.5, 0.6) is 0 Å². The van der Waals surface area contributed by atoms with Crippen molar-refractivity contribution in [2.75, 3.05) is 52.4 Å². The van der Waals surface area contributed by atoms with Crippen molar-refractivity contribution in [3.63, 3.8) is 0 Å². The summed E-state index contributed by atoms with van der Waals surface area (Å²) in [5.41, 5.74) is 0. The van der Waals surface area contributed by atoms with Gasteiger partial charge in [-0.2, -0.15) is 4.31 Å². The number of aromatic nitrogens is 1. The molecular weight excluding hydrogens is 442 g/mol. The molecule has 1 aromatic rings. The molecule has 1 aromatic heterocycles. The van der Waals surface area contributed by atoms with Crippen LogP contribution in [0.4, 0.5) is 0 Å². The predicted molar refractivity (Wildman–Crippen MR) is 124 cm³/mol. The highest BCUT2D eigenvalue weighted by Crippen LogP contribution is 2.25. The van der Waals surface area contributed by atoms with Crippen molar-refractivity contribution in [1.82, 2.24) is 24.0 Å². The first-order valence-electron chi connectivity index (χ1n) is 12.1. The topological polar surface area (TPSA) is 94.1 Å². The van der Waals surface area contributed by atoms with Gasteiger partial charge >= 0.3 is 0 Å². The molecule has 0 spiro atoms. The molecule has 0 aliphatic carbocycles. The molecule has 10 heteroatoms. The van der Waals surface area contributed by atoms with Crippen molar-refractivity contribution in [2.24, 2.45) is 5.92 Å². The Labute approximate surface area is 196 Å². The lowest BCUT2D eigenvalue weighted by Gasteiger charge is -2.39. The minimum absolute atomic E-state index is 0.115. The number of piperidine rings is 2. The van der Waals surface area contributed by atoms with Gasteiger partial charge in [0.2, 0.25) is 21.8 Å². The molecule has 9 nitrogen and oxygen atoms in total. The van der Waals surface area contributed by atoms with Crippen LogP contribution < -0.4 is 0 Å². The van der Waals surface area contributed by atoms with E-state index in [0.717, 1.165) is 19.4 Å². The normalized spacial score (nSPS) is 24.1. The molecule has 0 radical (unpaired) electrons. The lowest BCUT2D eigenvalue weighted by atomic mass is 9.96. The highest BCUT2D eigenvalue weighted by molar-refractivity contribution is 7.89. The van der Waals surface area contributed by atoms with E-state index in [9.17, 15) is 18.0 Å². The molecule has 182 valence electrons. The van der Waals surface area contributed by atoms with Gasteiger partial charge in [-0.1, -0.05) is 0 Å². The van der Waals surface area contributed by atoms with Crippen LogP contribution in [-0.4, -0.2) is 103 Å². The number of piperazine rings is 1. The second-order valence-electron chi connectivity index (χ2n) is 9.40. The van der Waals surface area contributed by atoms with Gasteiger partial charge < -0.3 is 9.80 Å². The van der Waals surface area contributed by atoms with E-state index in [1.54, 1.807) is 18.3 Å². The maximum absolute atomic E-state index is 13.1. The SMILES string of the molecule is CC1CCCCN1C(=O)CN1CCN(C(=O)C2CCN(S(=O)(=O)c3cccnc3)CC2)CC1. The molecule has 3 aliphatic rings. The first-order valence-corrected chi connectivity index (χ1v) is 13.5. The fourth-order valence-electron chi connectivity index (χ4n) is 5.13. The van der Waals surface area contributed by atoms with Gasteiger partial charge in [0.05, 0.1) is 6.54 Å². The number of hydrogen-bond acceptors (Lipinski definition) is 6.